The number of rotatable bonds is 4. The van der Waals surface area contributed by atoms with E-state index in [-0.39, 0.29) is 17.2 Å². The van der Waals surface area contributed by atoms with E-state index >= 15 is 0 Å². The molecule has 0 spiro atoms. The van der Waals surface area contributed by atoms with Crippen LogP contribution in [0.1, 0.15) is 6.92 Å². The predicted octanol–water partition coefficient (Wildman–Crippen LogP) is 1.22. The monoisotopic (exact) mass is 248 g/mol. The van der Waals surface area contributed by atoms with Crippen LogP contribution in [0.2, 0.25) is 0 Å². The van der Waals surface area contributed by atoms with Crippen LogP contribution in [-0.4, -0.2) is 31.2 Å². The summed E-state index contributed by atoms with van der Waals surface area (Å²) < 4.78 is 1.56. The molecule has 0 atom stereocenters. The van der Waals surface area contributed by atoms with Gasteiger partial charge in [-0.1, -0.05) is 0 Å². The fraction of sp³-hybridized carbons (Fsp3) is 0.300. The molecule has 0 unspecified atom stereocenters. The van der Waals surface area contributed by atoms with Crippen molar-refractivity contribution in [3.63, 3.8) is 0 Å². The molecule has 0 aliphatic heterocycles. The van der Waals surface area contributed by atoms with E-state index in [4.69, 9.17) is 0 Å². The molecule has 94 valence electrons. The maximum Gasteiger partial charge on any atom is 0.339 e. The Hall–Kier alpha value is -2.51. The van der Waals surface area contributed by atoms with Crippen molar-refractivity contribution >= 4 is 11.5 Å². The van der Waals surface area contributed by atoms with Crippen LogP contribution in [0.3, 0.4) is 0 Å². The van der Waals surface area contributed by atoms with Crippen LogP contribution in [0.4, 0.5) is 11.5 Å². The van der Waals surface area contributed by atoms with Gasteiger partial charge in [0.25, 0.3) is 0 Å². The van der Waals surface area contributed by atoms with Crippen LogP contribution in [0, 0.1) is 10.1 Å². The van der Waals surface area contributed by atoms with E-state index < -0.39 is 4.92 Å². The molecule has 0 saturated carbocycles. The standard InChI is InChI=1S/C10H12N6O2/c1-3-11-10-9(16(17)18)8(12-6-13-10)7-4-5-15(2)14-7/h4-6H,3H2,1-2H3,(H,11,12,13). The molecule has 0 saturated heterocycles. The largest absolute Gasteiger partial charge is 0.364 e. The van der Waals surface area contributed by atoms with Crippen molar-refractivity contribution in [3.05, 3.63) is 28.7 Å². The Bertz CT molecular complexity index is 579. The smallest absolute Gasteiger partial charge is 0.339 e. The Morgan fingerprint density at radius 1 is 1.50 bits per heavy atom. The Labute approximate surface area is 103 Å². The average Bonchev–Trinajstić information content (AvgIpc) is 2.75. The van der Waals surface area contributed by atoms with Crippen molar-refractivity contribution in [2.24, 2.45) is 7.05 Å². The van der Waals surface area contributed by atoms with Crippen LogP contribution >= 0.6 is 0 Å². The molecule has 0 aromatic carbocycles. The first-order valence-electron chi connectivity index (χ1n) is 5.36. The second-order valence-electron chi connectivity index (χ2n) is 3.58. The van der Waals surface area contributed by atoms with E-state index in [0.29, 0.717) is 12.2 Å². The molecule has 2 rings (SSSR count). The highest BCUT2D eigenvalue weighted by Crippen LogP contribution is 2.31. The van der Waals surface area contributed by atoms with Gasteiger partial charge in [-0.2, -0.15) is 5.10 Å². The van der Waals surface area contributed by atoms with E-state index in [0.717, 1.165) is 0 Å². The first-order valence-corrected chi connectivity index (χ1v) is 5.36. The normalized spacial score (nSPS) is 10.3. The summed E-state index contributed by atoms with van der Waals surface area (Å²) in [5, 5.41) is 18.1. The molecule has 0 bridgehead atoms. The summed E-state index contributed by atoms with van der Waals surface area (Å²) in [6, 6.07) is 1.67. The van der Waals surface area contributed by atoms with Gasteiger partial charge in [-0.25, -0.2) is 9.97 Å². The van der Waals surface area contributed by atoms with E-state index in [1.165, 1.54) is 6.33 Å². The molecule has 0 amide bonds. The summed E-state index contributed by atoms with van der Waals surface area (Å²) in [6.45, 7) is 2.38. The molecule has 0 radical (unpaired) electrons. The van der Waals surface area contributed by atoms with E-state index in [1.54, 1.807) is 24.0 Å². The van der Waals surface area contributed by atoms with Crippen molar-refractivity contribution < 1.29 is 4.92 Å². The third-order valence-electron chi connectivity index (χ3n) is 2.31. The number of anilines is 1. The van der Waals surface area contributed by atoms with Crippen LogP contribution in [0.15, 0.2) is 18.6 Å². The Morgan fingerprint density at radius 2 is 2.28 bits per heavy atom. The molecular weight excluding hydrogens is 236 g/mol. The minimum atomic E-state index is -0.498. The van der Waals surface area contributed by atoms with Crippen molar-refractivity contribution in [2.45, 2.75) is 6.92 Å². The number of hydrogen-bond donors (Lipinski definition) is 1. The maximum absolute atomic E-state index is 11.1. The molecular formula is C10H12N6O2. The van der Waals surface area contributed by atoms with Crippen molar-refractivity contribution in [2.75, 3.05) is 11.9 Å². The number of hydrogen-bond acceptors (Lipinski definition) is 6. The van der Waals surface area contributed by atoms with Gasteiger partial charge >= 0.3 is 5.69 Å². The van der Waals surface area contributed by atoms with Gasteiger partial charge in [0.2, 0.25) is 5.82 Å². The summed E-state index contributed by atoms with van der Waals surface area (Å²) in [5.74, 6) is 0.207. The molecule has 2 aromatic heterocycles. The zero-order valence-corrected chi connectivity index (χ0v) is 9.99. The highest BCUT2D eigenvalue weighted by molar-refractivity contribution is 5.74. The molecule has 0 aliphatic rings. The fourth-order valence-electron chi connectivity index (χ4n) is 1.58. The Kier molecular flexibility index (Phi) is 3.18. The lowest BCUT2D eigenvalue weighted by atomic mass is 10.2. The number of aryl methyl sites for hydroxylation is 1. The summed E-state index contributed by atoms with van der Waals surface area (Å²) in [7, 11) is 1.74. The van der Waals surface area contributed by atoms with Gasteiger partial charge in [-0.3, -0.25) is 14.8 Å². The zero-order valence-electron chi connectivity index (χ0n) is 9.99. The molecule has 0 aliphatic carbocycles. The van der Waals surface area contributed by atoms with E-state index in [1.807, 2.05) is 6.92 Å². The van der Waals surface area contributed by atoms with Crippen LogP contribution in [-0.2, 0) is 7.05 Å². The fourth-order valence-corrected chi connectivity index (χ4v) is 1.58. The molecule has 8 heteroatoms. The van der Waals surface area contributed by atoms with Gasteiger partial charge in [-0.15, -0.1) is 0 Å². The zero-order chi connectivity index (χ0) is 13.1. The average molecular weight is 248 g/mol. The minimum absolute atomic E-state index is 0.155. The SMILES string of the molecule is CCNc1ncnc(-c2ccn(C)n2)c1[N+](=O)[O-]. The molecule has 8 nitrogen and oxygen atoms in total. The van der Waals surface area contributed by atoms with Gasteiger partial charge < -0.3 is 5.32 Å². The van der Waals surface area contributed by atoms with Gasteiger partial charge in [0.15, 0.2) is 5.69 Å². The van der Waals surface area contributed by atoms with E-state index in [9.17, 15) is 10.1 Å². The lowest BCUT2D eigenvalue weighted by Crippen LogP contribution is -2.06. The number of aromatic nitrogens is 4. The summed E-state index contributed by atoms with van der Waals surface area (Å²) in [5.41, 5.74) is 0.510. The van der Waals surface area contributed by atoms with Gasteiger partial charge in [0, 0.05) is 19.8 Å². The van der Waals surface area contributed by atoms with Crippen molar-refractivity contribution in [1.29, 1.82) is 0 Å². The first-order chi connectivity index (χ1) is 8.63. The third kappa shape index (κ3) is 2.12. The van der Waals surface area contributed by atoms with Crippen LogP contribution in [0.25, 0.3) is 11.4 Å². The lowest BCUT2D eigenvalue weighted by molar-refractivity contribution is -0.383. The quantitative estimate of drug-likeness (QED) is 0.645. The molecule has 0 fully saturated rings. The van der Waals surface area contributed by atoms with E-state index in [2.05, 4.69) is 20.4 Å². The summed E-state index contributed by atoms with van der Waals surface area (Å²) in [6.07, 6.45) is 2.99. The van der Waals surface area contributed by atoms with Crippen LogP contribution < -0.4 is 5.32 Å². The summed E-state index contributed by atoms with van der Waals surface area (Å²) >= 11 is 0. The topological polar surface area (TPSA) is 98.8 Å². The minimum Gasteiger partial charge on any atom is -0.364 e. The van der Waals surface area contributed by atoms with Crippen molar-refractivity contribution in [3.8, 4) is 11.4 Å². The molecule has 18 heavy (non-hydrogen) atoms. The Balaban J connectivity index is 2.59. The van der Waals surface area contributed by atoms with Gasteiger partial charge in [-0.05, 0) is 13.0 Å². The molecule has 1 N–H and O–H groups in total. The maximum atomic E-state index is 11.1. The van der Waals surface area contributed by atoms with Crippen molar-refractivity contribution in [1.82, 2.24) is 19.7 Å². The second kappa shape index (κ2) is 4.78. The third-order valence-corrected chi connectivity index (χ3v) is 2.31. The summed E-state index contributed by atoms with van der Waals surface area (Å²) in [4.78, 5) is 18.5. The highest BCUT2D eigenvalue weighted by Gasteiger charge is 2.24. The second-order valence-corrected chi connectivity index (χ2v) is 3.58. The molecule has 2 heterocycles. The van der Waals surface area contributed by atoms with Crippen LogP contribution in [0.5, 0.6) is 0 Å². The van der Waals surface area contributed by atoms with Gasteiger partial charge in [0.1, 0.15) is 12.0 Å². The highest BCUT2D eigenvalue weighted by atomic mass is 16.6. The number of nitrogens with one attached hydrogen (secondary N) is 1. The number of nitrogens with zero attached hydrogens (tertiary/aromatic N) is 5. The first kappa shape index (κ1) is 12.0. The number of nitro groups is 1. The van der Waals surface area contributed by atoms with Gasteiger partial charge in [0.05, 0.1) is 4.92 Å². The predicted molar refractivity (Wildman–Crippen MR) is 65.1 cm³/mol. The molecule has 2 aromatic rings. The lowest BCUT2D eigenvalue weighted by Gasteiger charge is -2.05. The Morgan fingerprint density at radius 3 is 2.83 bits per heavy atom.